The van der Waals surface area contributed by atoms with E-state index in [1.165, 1.54) is 11.8 Å². The Morgan fingerprint density at radius 2 is 1.84 bits per heavy atom. The van der Waals surface area contributed by atoms with Gasteiger partial charge in [0.1, 0.15) is 16.3 Å². The van der Waals surface area contributed by atoms with Crippen LogP contribution in [0.5, 0.6) is 5.75 Å². The third kappa shape index (κ3) is 7.58. The summed E-state index contributed by atoms with van der Waals surface area (Å²) in [6.45, 7) is 3.11. The van der Waals surface area contributed by atoms with E-state index in [0.717, 1.165) is 40.2 Å². The molecular formula is C34H34ClF6N3O5S. The molecule has 5 rings (SSSR count). The van der Waals surface area contributed by atoms with Crippen molar-refractivity contribution in [3.63, 3.8) is 0 Å². The number of fused-ring (bicyclic) bond motifs is 1. The monoisotopic (exact) mass is 745 g/mol. The number of aromatic nitrogens is 1. The second kappa shape index (κ2) is 14.4. The quantitative estimate of drug-likeness (QED) is 0.222. The molecule has 16 heteroatoms. The Morgan fingerprint density at radius 3 is 2.48 bits per heavy atom. The normalized spacial score (nSPS) is 21.8. The zero-order valence-corrected chi connectivity index (χ0v) is 28.6. The average molecular weight is 746 g/mol. The SMILES string of the molecule is CCC[C@H]1N(C(=O)c2ncccc2C(F)(F)F)CCC[C@@]1(Oc1csc(C(F)(F)F)c1)C(=O)N1Cc2ccc(Cl)cc2C[C@@H]1CC(C)C(=O)O. The van der Waals surface area contributed by atoms with Crippen LogP contribution < -0.4 is 4.74 Å². The van der Waals surface area contributed by atoms with Crippen LogP contribution in [0.4, 0.5) is 26.3 Å². The maximum atomic E-state index is 15.2. The molecule has 1 saturated heterocycles. The fourth-order valence-electron chi connectivity index (χ4n) is 6.89. The van der Waals surface area contributed by atoms with Gasteiger partial charge in [0.25, 0.3) is 11.8 Å². The van der Waals surface area contributed by atoms with Crippen LogP contribution in [0.3, 0.4) is 0 Å². The van der Waals surface area contributed by atoms with Crippen LogP contribution in [0.25, 0.3) is 0 Å². The van der Waals surface area contributed by atoms with Crippen LogP contribution in [-0.2, 0) is 34.9 Å². The molecule has 2 aliphatic rings. The van der Waals surface area contributed by atoms with Gasteiger partial charge in [0.2, 0.25) is 5.60 Å². The number of halogens is 7. The second-order valence-corrected chi connectivity index (χ2v) is 14.0. The first-order valence-corrected chi connectivity index (χ1v) is 17.2. The summed E-state index contributed by atoms with van der Waals surface area (Å²) in [6, 6.07) is 5.63. The van der Waals surface area contributed by atoms with E-state index in [2.05, 4.69) is 4.98 Å². The Morgan fingerprint density at radius 1 is 1.10 bits per heavy atom. The van der Waals surface area contributed by atoms with Crippen LogP contribution in [0.2, 0.25) is 5.02 Å². The van der Waals surface area contributed by atoms with Crippen molar-refractivity contribution in [1.82, 2.24) is 14.8 Å². The highest BCUT2D eigenvalue weighted by Crippen LogP contribution is 2.44. The number of carboxylic acid groups (broad SMARTS) is 1. The topological polar surface area (TPSA) is 100 Å². The number of piperidine rings is 1. The summed E-state index contributed by atoms with van der Waals surface area (Å²) in [5, 5.41) is 11.3. The maximum Gasteiger partial charge on any atom is 0.425 e. The number of pyridine rings is 1. The van der Waals surface area contributed by atoms with Gasteiger partial charge in [-0.2, -0.15) is 26.3 Å². The summed E-state index contributed by atoms with van der Waals surface area (Å²) in [4.78, 5) is 46.6. The van der Waals surface area contributed by atoms with Crippen LogP contribution in [-0.4, -0.2) is 61.9 Å². The van der Waals surface area contributed by atoms with E-state index in [4.69, 9.17) is 16.3 Å². The number of rotatable bonds is 9. The molecule has 0 radical (unpaired) electrons. The van der Waals surface area contributed by atoms with E-state index < -0.39 is 69.9 Å². The van der Waals surface area contributed by atoms with Gasteiger partial charge in [-0.3, -0.25) is 19.4 Å². The van der Waals surface area contributed by atoms with E-state index in [9.17, 15) is 41.0 Å². The average Bonchev–Trinajstić information content (AvgIpc) is 3.53. The number of amides is 2. The lowest BCUT2D eigenvalue weighted by Crippen LogP contribution is -2.69. The fraction of sp³-hybridized carbons (Fsp3) is 0.471. The molecule has 8 nitrogen and oxygen atoms in total. The minimum absolute atomic E-state index is 0.00372. The highest BCUT2D eigenvalue weighted by atomic mass is 35.5. The molecule has 1 N–H and O–H groups in total. The van der Waals surface area contributed by atoms with E-state index in [0.29, 0.717) is 28.3 Å². The molecule has 3 aromatic rings. The van der Waals surface area contributed by atoms with Gasteiger partial charge in [0.15, 0.2) is 0 Å². The van der Waals surface area contributed by atoms with Gasteiger partial charge < -0.3 is 19.6 Å². The summed E-state index contributed by atoms with van der Waals surface area (Å²) in [5.74, 6) is -4.12. The zero-order valence-electron chi connectivity index (χ0n) is 27.0. The van der Waals surface area contributed by atoms with Crippen LogP contribution in [0, 0.1) is 5.92 Å². The number of hydrogen-bond donors (Lipinski definition) is 1. The predicted octanol–water partition coefficient (Wildman–Crippen LogP) is 8.12. The Bertz CT molecular complexity index is 1750. The summed E-state index contributed by atoms with van der Waals surface area (Å²) < 4.78 is 89.6. The van der Waals surface area contributed by atoms with Crippen LogP contribution in [0.15, 0.2) is 48.0 Å². The Balaban J connectivity index is 1.65. The van der Waals surface area contributed by atoms with Gasteiger partial charge >= 0.3 is 18.3 Å². The number of ether oxygens (including phenoxy) is 1. The summed E-state index contributed by atoms with van der Waals surface area (Å²) in [5.41, 5.74) is -2.73. The van der Waals surface area contributed by atoms with Gasteiger partial charge in [-0.15, -0.1) is 11.3 Å². The van der Waals surface area contributed by atoms with Crippen LogP contribution >= 0.6 is 22.9 Å². The molecule has 4 atom stereocenters. The summed E-state index contributed by atoms with van der Waals surface area (Å²) >= 11 is 6.60. The third-order valence-electron chi connectivity index (χ3n) is 9.23. The first kappa shape index (κ1) is 37.4. The van der Waals surface area contributed by atoms with Gasteiger partial charge in [-0.05, 0) is 61.1 Å². The van der Waals surface area contributed by atoms with E-state index in [1.807, 2.05) is 0 Å². The molecule has 1 fully saturated rings. The molecule has 50 heavy (non-hydrogen) atoms. The Hall–Kier alpha value is -3.85. The van der Waals surface area contributed by atoms with Crippen molar-refractivity contribution < 1.29 is 50.6 Å². The molecule has 1 aromatic carbocycles. The molecule has 0 bridgehead atoms. The molecule has 2 aromatic heterocycles. The Kier molecular flexibility index (Phi) is 10.8. The zero-order chi connectivity index (χ0) is 36.6. The number of likely N-dealkylation sites (tertiary alicyclic amines) is 1. The van der Waals surface area contributed by atoms with Crippen molar-refractivity contribution in [2.24, 2.45) is 5.92 Å². The number of hydrogen-bond acceptors (Lipinski definition) is 6. The molecule has 0 spiro atoms. The predicted molar refractivity (Wildman–Crippen MR) is 172 cm³/mol. The van der Waals surface area contributed by atoms with Crippen molar-refractivity contribution in [2.75, 3.05) is 6.54 Å². The number of carbonyl (C=O) groups excluding carboxylic acids is 2. The van der Waals surface area contributed by atoms with Crippen molar-refractivity contribution in [1.29, 1.82) is 0 Å². The number of thiophene rings is 1. The van der Waals surface area contributed by atoms with Gasteiger partial charge in [-0.1, -0.05) is 37.9 Å². The lowest BCUT2D eigenvalue weighted by Gasteiger charge is -2.51. The van der Waals surface area contributed by atoms with Crippen molar-refractivity contribution in [3.05, 3.63) is 80.3 Å². The standard InChI is InChI=1S/C34H34ClF6N3O5S/c1-3-6-26-32(49-24-16-27(50-18-24)34(39,40)41,10-5-12-43(26)29(45)28-25(33(36,37)38)7-4-11-42-28)31(48)44-17-20-8-9-22(35)14-21(20)15-23(44)13-19(2)30(46)47/h4,7-9,11,14,16,18-19,23,26H,3,5-6,10,12-13,15,17H2,1-2H3,(H,46,47)/t19?,23-,26+,32-/m0/s1. The van der Waals surface area contributed by atoms with Crippen molar-refractivity contribution in [2.45, 2.75) is 89.0 Å². The van der Waals surface area contributed by atoms with E-state index in [1.54, 1.807) is 25.1 Å². The number of carbonyl (C=O) groups is 3. The van der Waals surface area contributed by atoms with Crippen molar-refractivity contribution in [3.8, 4) is 5.75 Å². The largest absolute Gasteiger partial charge is 0.481 e. The number of aliphatic carboxylic acids is 1. The van der Waals surface area contributed by atoms with Gasteiger partial charge in [0.05, 0.1) is 17.5 Å². The second-order valence-electron chi connectivity index (χ2n) is 12.6. The number of alkyl halides is 6. The van der Waals surface area contributed by atoms with E-state index in [-0.39, 0.29) is 50.9 Å². The molecule has 4 heterocycles. The molecule has 1 unspecified atom stereocenters. The molecule has 2 amide bonds. The smallest absolute Gasteiger partial charge is 0.425 e. The third-order valence-corrected chi connectivity index (χ3v) is 10.4. The molecule has 2 aliphatic heterocycles. The van der Waals surface area contributed by atoms with Gasteiger partial charge in [-0.25, -0.2) is 0 Å². The molecule has 270 valence electrons. The first-order valence-electron chi connectivity index (χ1n) is 15.9. The molecule has 0 aliphatic carbocycles. The molecule has 0 saturated carbocycles. The minimum atomic E-state index is -4.93. The lowest BCUT2D eigenvalue weighted by atomic mass is 9.78. The first-order chi connectivity index (χ1) is 23.5. The van der Waals surface area contributed by atoms with Crippen LogP contribution in [0.1, 0.15) is 78.0 Å². The lowest BCUT2D eigenvalue weighted by molar-refractivity contribution is -0.164. The van der Waals surface area contributed by atoms with Gasteiger partial charge in [0, 0.05) is 48.2 Å². The number of carboxylic acids is 1. The number of benzene rings is 1. The van der Waals surface area contributed by atoms with Crippen molar-refractivity contribution >= 4 is 40.7 Å². The summed E-state index contributed by atoms with van der Waals surface area (Å²) in [7, 11) is 0. The fourth-order valence-corrected chi connectivity index (χ4v) is 7.76. The highest BCUT2D eigenvalue weighted by Gasteiger charge is 2.57. The summed E-state index contributed by atoms with van der Waals surface area (Å²) in [6.07, 6.45) is -8.07. The maximum absolute atomic E-state index is 15.2. The Labute approximate surface area is 293 Å². The highest BCUT2D eigenvalue weighted by molar-refractivity contribution is 7.10. The van der Waals surface area contributed by atoms with E-state index >= 15 is 4.79 Å². The number of nitrogens with zero attached hydrogens (tertiary/aromatic N) is 3. The molecular weight excluding hydrogens is 712 g/mol. The minimum Gasteiger partial charge on any atom is -0.481 e.